The molecule has 3 N–H and O–H groups in total. The lowest BCUT2D eigenvalue weighted by atomic mass is 10.2. The van der Waals surface area contributed by atoms with Gasteiger partial charge in [-0.05, 0) is 0 Å². The number of rotatable bonds is 2. The third-order valence-electron chi connectivity index (χ3n) is 2.07. The topological polar surface area (TPSA) is 74.2 Å². The van der Waals surface area contributed by atoms with Crippen molar-refractivity contribution in [2.75, 3.05) is 19.6 Å². The SMILES string of the molecule is O=C(O)c1cnc(C2CNCCN2)s1. The third-order valence-corrected chi connectivity index (χ3v) is 3.17. The summed E-state index contributed by atoms with van der Waals surface area (Å²) in [6, 6.07) is 0.154. The zero-order valence-electron chi connectivity index (χ0n) is 7.49. The first kappa shape index (κ1) is 9.57. The standard InChI is InChI=1S/C8H11N3O2S/c12-8(13)6-4-11-7(14-6)5-3-9-1-2-10-5/h4-5,9-10H,1-3H2,(H,12,13). The molecule has 6 heteroatoms. The summed E-state index contributed by atoms with van der Waals surface area (Å²) < 4.78 is 0. The van der Waals surface area contributed by atoms with Crippen LogP contribution in [0.3, 0.4) is 0 Å². The number of aromatic nitrogens is 1. The fourth-order valence-corrected chi connectivity index (χ4v) is 2.21. The normalized spacial score (nSPS) is 22.1. The van der Waals surface area contributed by atoms with Gasteiger partial charge in [-0.2, -0.15) is 0 Å². The van der Waals surface area contributed by atoms with Gasteiger partial charge in [0.2, 0.25) is 0 Å². The van der Waals surface area contributed by atoms with Crippen LogP contribution in [-0.4, -0.2) is 35.7 Å². The van der Waals surface area contributed by atoms with Crippen LogP contribution in [-0.2, 0) is 0 Å². The Morgan fingerprint density at radius 2 is 2.50 bits per heavy atom. The van der Waals surface area contributed by atoms with E-state index in [1.807, 2.05) is 0 Å². The monoisotopic (exact) mass is 213 g/mol. The lowest BCUT2D eigenvalue weighted by Gasteiger charge is -2.22. The van der Waals surface area contributed by atoms with Crippen LogP contribution in [0.15, 0.2) is 6.20 Å². The van der Waals surface area contributed by atoms with Gasteiger partial charge in [0.1, 0.15) is 9.88 Å². The quantitative estimate of drug-likeness (QED) is 0.648. The van der Waals surface area contributed by atoms with E-state index in [1.165, 1.54) is 17.5 Å². The largest absolute Gasteiger partial charge is 0.477 e. The van der Waals surface area contributed by atoms with Gasteiger partial charge in [0, 0.05) is 19.6 Å². The maximum atomic E-state index is 10.6. The number of nitrogens with one attached hydrogen (secondary N) is 2. The molecule has 0 spiro atoms. The Bertz CT molecular complexity index is 333. The van der Waals surface area contributed by atoms with Gasteiger partial charge in [0.05, 0.1) is 12.2 Å². The summed E-state index contributed by atoms with van der Waals surface area (Å²) in [6.07, 6.45) is 1.42. The van der Waals surface area contributed by atoms with Crippen LogP contribution in [0.2, 0.25) is 0 Å². The lowest BCUT2D eigenvalue weighted by molar-refractivity contribution is 0.0702. The van der Waals surface area contributed by atoms with E-state index in [9.17, 15) is 4.79 Å². The van der Waals surface area contributed by atoms with Crippen molar-refractivity contribution in [3.8, 4) is 0 Å². The Morgan fingerprint density at radius 1 is 1.64 bits per heavy atom. The molecule has 0 bridgehead atoms. The van der Waals surface area contributed by atoms with Gasteiger partial charge in [0.15, 0.2) is 0 Å². The smallest absolute Gasteiger partial charge is 0.347 e. The molecule has 2 heterocycles. The van der Waals surface area contributed by atoms with Crippen LogP contribution in [0.1, 0.15) is 20.7 Å². The molecule has 1 atom stereocenters. The van der Waals surface area contributed by atoms with Crippen LogP contribution in [0.25, 0.3) is 0 Å². The number of piperazine rings is 1. The fraction of sp³-hybridized carbons (Fsp3) is 0.500. The van der Waals surface area contributed by atoms with Crippen molar-refractivity contribution in [3.63, 3.8) is 0 Å². The average molecular weight is 213 g/mol. The summed E-state index contributed by atoms with van der Waals surface area (Å²) in [6.45, 7) is 2.66. The summed E-state index contributed by atoms with van der Waals surface area (Å²) in [5, 5.41) is 16.1. The molecular formula is C8H11N3O2S. The lowest BCUT2D eigenvalue weighted by Crippen LogP contribution is -2.42. The van der Waals surface area contributed by atoms with Crippen LogP contribution < -0.4 is 10.6 Å². The van der Waals surface area contributed by atoms with Gasteiger partial charge < -0.3 is 15.7 Å². The first-order valence-corrected chi connectivity index (χ1v) is 5.22. The second-order valence-electron chi connectivity index (χ2n) is 3.08. The van der Waals surface area contributed by atoms with E-state index in [0.29, 0.717) is 4.88 Å². The van der Waals surface area contributed by atoms with Gasteiger partial charge in [-0.3, -0.25) is 0 Å². The Labute approximate surface area is 85.2 Å². The molecule has 1 aromatic rings. The Kier molecular flexibility index (Phi) is 2.76. The van der Waals surface area contributed by atoms with Crippen LogP contribution >= 0.6 is 11.3 Å². The molecule has 1 fully saturated rings. The second kappa shape index (κ2) is 4.04. The summed E-state index contributed by atoms with van der Waals surface area (Å²) in [7, 11) is 0. The van der Waals surface area contributed by atoms with E-state index < -0.39 is 5.97 Å². The van der Waals surface area contributed by atoms with E-state index >= 15 is 0 Å². The number of nitrogens with zero attached hydrogens (tertiary/aromatic N) is 1. The minimum absolute atomic E-state index is 0.154. The molecule has 1 aliphatic heterocycles. The molecule has 1 aliphatic rings. The number of hydrogen-bond acceptors (Lipinski definition) is 5. The number of carboxylic acids is 1. The van der Waals surface area contributed by atoms with E-state index in [0.717, 1.165) is 24.6 Å². The zero-order chi connectivity index (χ0) is 9.97. The van der Waals surface area contributed by atoms with Crippen molar-refractivity contribution >= 4 is 17.3 Å². The van der Waals surface area contributed by atoms with Gasteiger partial charge in [-0.25, -0.2) is 9.78 Å². The molecule has 14 heavy (non-hydrogen) atoms. The maximum Gasteiger partial charge on any atom is 0.347 e. The fourth-order valence-electron chi connectivity index (χ4n) is 1.38. The van der Waals surface area contributed by atoms with Crippen molar-refractivity contribution in [3.05, 3.63) is 16.1 Å². The summed E-state index contributed by atoms with van der Waals surface area (Å²) in [5.41, 5.74) is 0. The van der Waals surface area contributed by atoms with Gasteiger partial charge in [-0.15, -0.1) is 11.3 Å². The number of aromatic carboxylic acids is 1. The van der Waals surface area contributed by atoms with Crippen molar-refractivity contribution in [2.24, 2.45) is 0 Å². The summed E-state index contributed by atoms with van der Waals surface area (Å²) >= 11 is 1.23. The molecule has 1 saturated heterocycles. The highest BCUT2D eigenvalue weighted by atomic mass is 32.1. The van der Waals surface area contributed by atoms with Crippen LogP contribution in [0.4, 0.5) is 0 Å². The highest BCUT2D eigenvalue weighted by molar-refractivity contribution is 7.13. The Hall–Kier alpha value is -0.980. The average Bonchev–Trinajstić information content (AvgIpc) is 2.68. The van der Waals surface area contributed by atoms with Crippen molar-refractivity contribution in [1.82, 2.24) is 15.6 Å². The number of carbonyl (C=O) groups is 1. The Balaban J connectivity index is 2.11. The molecule has 0 amide bonds. The molecule has 1 unspecified atom stereocenters. The van der Waals surface area contributed by atoms with E-state index in [2.05, 4.69) is 15.6 Å². The van der Waals surface area contributed by atoms with Gasteiger partial charge in [-0.1, -0.05) is 0 Å². The maximum absolute atomic E-state index is 10.6. The second-order valence-corrected chi connectivity index (χ2v) is 4.14. The third kappa shape index (κ3) is 1.92. The Morgan fingerprint density at radius 3 is 3.07 bits per heavy atom. The minimum atomic E-state index is -0.905. The zero-order valence-corrected chi connectivity index (χ0v) is 8.30. The first-order valence-electron chi connectivity index (χ1n) is 4.40. The molecule has 2 rings (SSSR count). The van der Waals surface area contributed by atoms with E-state index in [-0.39, 0.29) is 6.04 Å². The van der Waals surface area contributed by atoms with E-state index in [1.54, 1.807) is 0 Å². The molecule has 5 nitrogen and oxygen atoms in total. The molecule has 0 radical (unpaired) electrons. The number of hydrogen-bond donors (Lipinski definition) is 3. The number of thiazole rings is 1. The first-order chi connectivity index (χ1) is 6.77. The molecule has 0 aromatic carbocycles. The van der Waals surface area contributed by atoms with Gasteiger partial charge >= 0.3 is 5.97 Å². The van der Waals surface area contributed by atoms with Crippen molar-refractivity contribution in [1.29, 1.82) is 0 Å². The predicted molar refractivity (Wildman–Crippen MR) is 52.7 cm³/mol. The molecule has 0 aliphatic carbocycles. The van der Waals surface area contributed by atoms with Crippen molar-refractivity contribution in [2.45, 2.75) is 6.04 Å². The van der Waals surface area contributed by atoms with Crippen LogP contribution in [0, 0.1) is 0 Å². The minimum Gasteiger partial charge on any atom is -0.477 e. The molecule has 1 aromatic heterocycles. The highest BCUT2D eigenvalue weighted by Gasteiger charge is 2.19. The van der Waals surface area contributed by atoms with Crippen LogP contribution in [0.5, 0.6) is 0 Å². The highest BCUT2D eigenvalue weighted by Crippen LogP contribution is 2.20. The summed E-state index contributed by atoms with van der Waals surface area (Å²) in [5.74, 6) is -0.905. The predicted octanol–water partition coefficient (Wildman–Crippen LogP) is 0.0752. The van der Waals surface area contributed by atoms with Gasteiger partial charge in [0.25, 0.3) is 0 Å². The van der Waals surface area contributed by atoms with Crippen molar-refractivity contribution < 1.29 is 9.90 Å². The molecule has 0 saturated carbocycles. The number of carboxylic acid groups (broad SMARTS) is 1. The molecule has 76 valence electrons. The molecular weight excluding hydrogens is 202 g/mol. The van der Waals surface area contributed by atoms with E-state index in [4.69, 9.17) is 5.11 Å². The summed E-state index contributed by atoms with van der Waals surface area (Å²) in [4.78, 5) is 15.0.